The molecule has 1 atom stereocenters. The fourth-order valence-corrected chi connectivity index (χ4v) is 3.60. The van der Waals surface area contributed by atoms with Crippen molar-refractivity contribution in [2.24, 2.45) is 11.7 Å². The lowest BCUT2D eigenvalue weighted by Crippen LogP contribution is -2.40. The lowest BCUT2D eigenvalue weighted by molar-refractivity contribution is 0.164. The fraction of sp³-hybridized carbons (Fsp3) is 0.600. The number of nitrogens with zero attached hydrogens (tertiary/aromatic N) is 1. The number of benzene rings is 1. The van der Waals surface area contributed by atoms with Crippen LogP contribution in [-0.2, 0) is 0 Å². The summed E-state index contributed by atoms with van der Waals surface area (Å²) in [7, 11) is 2.07. The van der Waals surface area contributed by atoms with Crippen LogP contribution in [0.3, 0.4) is 0 Å². The summed E-state index contributed by atoms with van der Waals surface area (Å²) in [5.74, 6) is 0.706. The van der Waals surface area contributed by atoms with Gasteiger partial charge in [0.25, 0.3) is 0 Å². The third-order valence-corrected chi connectivity index (χ3v) is 4.82. The lowest BCUT2D eigenvalue weighted by atomic mass is 9.85. The topological polar surface area (TPSA) is 41.3 Å². The Kier molecular flexibility index (Phi) is 5.82. The van der Waals surface area contributed by atoms with Gasteiger partial charge >= 0.3 is 0 Å². The van der Waals surface area contributed by atoms with Crippen molar-refractivity contribution in [3.05, 3.63) is 34.3 Å². The van der Waals surface area contributed by atoms with E-state index in [0.29, 0.717) is 12.0 Å². The van der Waals surface area contributed by atoms with Gasteiger partial charge in [0.15, 0.2) is 0 Å². The molecule has 0 radical (unpaired) electrons. The highest BCUT2D eigenvalue weighted by molar-refractivity contribution is 9.10. The summed E-state index contributed by atoms with van der Waals surface area (Å²) < 4.78 is 1.21. The summed E-state index contributed by atoms with van der Waals surface area (Å²) in [5, 5.41) is 3.50. The zero-order valence-electron chi connectivity index (χ0n) is 11.6. The minimum atomic E-state index is 0.440. The quantitative estimate of drug-likeness (QED) is 0.873. The zero-order valence-corrected chi connectivity index (χ0v) is 13.2. The Balaban J connectivity index is 2.02. The molecule has 19 heavy (non-hydrogen) atoms. The molecule has 3 N–H and O–H groups in total. The van der Waals surface area contributed by atoms with E-state index >= 15 is 0 Å². The summed E-state index contributed by atoms with van der Waals surface area (Å²) in [6.07, 6.45) is 2.49. The van der Waals surface area contributed by atoms with Crippen molar-refractivity contribution < 1.29 is 0 Å². The van der Waals surface area contributed by atoms with Gasteiger partial charge in [0.05, 0.1) is 0 Å². The third-order valence-electron chi connectivity index (χ3n) is 4.10. The normalized spacial score (nSPS) is 19.5. The second-order valence-corrected chi connectivity index (χ2v) is 6.11. The monoisotopic (exact) mass is 325 g/mol. The van der Waals surface area contributed by atoms with Crippen molar-refractivity contribution in [3.8, 4) is 0 Å². The van der Waals surface area contributed by atoms with E-state index < -0.39 is 0 Å². The van der Waals surface area contributed by atoms with E-state index in [2.05, 4.69) is 57.5 Å². The van der Waals surface area contributed by atoms with E-state index in [4.69, 9.17) is 5.73 Å². The molecule has 1 heterocycles. The Morgan fingerprint density at radius 1 is 1.37 bits per heavy atom. The molecule has 1 fully saturated rings. The van der Waals surface area contributed by atoms with E-state index in [1.807, 2.05) is 0 Å². The third kappa shape index (κ3) is 3.78. The van der Waals surface area contributed by atoms with Crippen molar-refractivity contribution in [2.45, 2.75) is 18.9 Å². The van der Waals surface area contributed by atoms with Gasteiger partial charge in [-0.05, 0) is 50.5 Å². The number of hydrogen-bond acceptors (Lipinski definition) is 3. The summed E-state index contributed by atoms with van der Waals surface area (Å²) in [4.78, 5) is 2.48. The fourth-order valence-electron chi connectivity index (χ4n) is 3.06. The maximum Gasteiger partial charge on any atom is 0.0358 e. The van der Waals surface area contributed by atoms with E-state index in [1.54, 1.807) is 0 Å². The predicted molar refractivity (Wildman–Crippen MR) is 84.2 cm³/mol. The van der Waals surface area contributed by atoms with Crippen molar-refractivity contribution in [1.82, 2.24) is 10.2 Å². The van der Waals surface area contributed by atoms with Crippen molar-refractivity contribution >= 4 is 15.9 Å². The van der Waals surface area contributed by atoms with Gasteiger partial charge in [-0.25, -0.2) is 0 Å². The molecule has 1 aliphatic rings. The molecule has 1 aliphatic heterocycles. The largest absolute Gasteiger partial charge is 0.329 e. The molecular weight excluding hydrogens is 302 g/mol. The van der Waals surface area contributed by atoms with Crippen LogP contribution in [0.25, 0.3) is 0 Å². The highest BCUT2D eigenvalue weighted by atomic mass is 79.9. The molecule has 3 nitrogen and oxygen atoms in total. The van der Waals surface area contributed by atoms with Gasteiger partial charge in [0, 0.05) is 23.6 Å². The summed E-state index contributed by atoms with van der Waals surface area (Å²) in [6, 6.07) is 8.98. The second kappa shape index (κ2) is 7.39. The van der Waals surface area contributed by atoms with Crippen LogP contribution >= 0.6 is 15.9 Å². The van der Waals surface area contributed by atoms with Crippen LogP contribution in [-0.4, -0.2) is 38.1 Å². The molecule has 0 amide bonds. The number of nitrogens with two attached hydrogens (primary N) is 1. The van der Waals surface area contributed by atoms with Crippen molar-refractivity contribution in [3.63, 3.8) is 0 Å². The van der Waals surface area contributed by atoms with Gasteiger partial charge in [-0.2, -0.15) is 0 Å². The van der Waals surface area contributed by atoms with E-state index in [1.165, 1.54) is 36.0 Å². The molecule has 1 saturated heterocycles. The maximum atomic E-state index is 5.63. The van der Waals surface area contributed by atoms with Crippen LogP contribution in [0.2, 0.25) is 0 Å². The predicted octanol–water partition coefficient (Wildman–Crippen LogP) is 2.38. The molecule has 0 bridgehead atoms. The summed E-state index contributed by atoms with van der Waals surface area (Å²) >= 11 is 3.67. The van der Waals surface area contributed by atoms with Crippen molar-refractivity contribution in [1.29, 1.82) is 0 Å². The second-order valence-electron chi connectivity index (χ2n) is 5.26. The Morgan fingerprint density at radius 2 is 2.05 bits per heavy atom. The number of rotatable bonds is 5. The minimum absolute atomic E-state index is 0.440. The van der Waals surface area contributed by atoms with Crippen LogP contribution in [0.15, 0.2) is 28.7 Å². The van der Waals surface area contributed by atoms with Crippen molar-refractivity contribution in [2.75, 3.05) is 33.2 Å². The first kappa shape index (κ1) is 15.0. The molecule has 2 rings (SSSR count). The Bertz CT molecular complexity index is 389. The molecule has 0 spiro atoms. The molecule has 0 aliphatic carbocycles. The SMILES string of the molecule is CNC(c1ccccc1Br)C1CCN(CCN)CC1. The first-order chi connectivity index (χ1) is 9.26. The average Bonchev–Trinajstić information content (AvgIpc) is 2.44. The van der Waals surface area contributed by atoms with Gasteiger partial charge in [0.2, 0.25) is 0 Å². The van der Waals surface area contributed by atoms with Gasteiger partial charge in [-0.3, -0.25) is 0 Å². The van der Waals surface area contributed by atoms with E-state index in [-0.39, 0.29) is 0 Å². The zero-order chi connectivity index (χ0) is 13.7. The van der Waals surface area contributed by atoms with Crippen LogP contribution in [0, 0.1) is 5.92 Å². The van der Waals surface area contributed by atoms with Gasteiger partial charge in [0.1, 0.15) is 0 Å². The molecule has 1 aromatic rings. The summed E-state index contributed by atoms with van der Waals surface area (Å²) in [5.41, 5.74) is 7.01. The van der Waals surface area contributed by atoms with E-state index in [9.17, 15) is 0 Å². The van der Waals surface area contributed by atoms with Crippen LogP contribution in [0.1, 0.15) is 24.4 Å². The smallest absolute Gasteiger partial charge is 0.0358 e. The number of piperidine rings is 1. The highest BCUT2D eigenvalue weighted by Crippen LogP contribution is 2.33. The first-order valence-electron chi connectivity index (χ1n) is 7.10. The number of hydrogen-bond donors (Lipinski definition) is 2. The van der Waals surface area contributed by atoms with Gasteiger partial charge in [-0.1, -0.05) is 34.1 Å². The number of nitrogens with one attached hydrogen (secondary N) is 1. The van der Waals surface area contributed by atoms with Gasteiger partial charge in [-0.15, -0.1) is 0 Å². The van der Waals surface area contributed by atoms with Crippen LogP contribution in [0.4, 0.5) is 0 Å². The molecule has 0 saturated carbocycles. The highest BCUT2D eigenvalue weighted by Gasteiger charge is 2.27. The molecular formula is C15H24BrN3. The van der Waals surface area contributed by atoms with E-state index in [0.717, 1.165) is 13.1 Å². The molecule has 0 aromatic heterocycles. The summed E-state index contributed by atoms with van der Waals surface area (Å²) in [6.45, 7) is 4.14. The molecule has 4 heteroatoms. The van der Waals surface area contributed by atoms with Crippen LogP contribution in [0.5, 0.6) is 0 Å². The Hall–Kier alpha value is -0.420. The maximum absolute atomic E-state index is 5.63. The molecule has 1 aromatic carbocycles. The molecule has 106 valence electrons. The number of halogens is 1. The molecule has 1 unspecified atom stereocenters. The number of likely N-dealkylation sites (tertiary alicyclic amines) is 1. The Labute approximate surface area is 124 Å². The first-order valence-corrected chi connectivity index (χ1v) is 7.89. The minimum Gasteiger partial charge on any atom is -0.329 e. The average molecular weight is 326 g/mol. The standard InChI is InChI=1S/C15H24BrN3/c1-18-15(13-4-2-3-5-14(13)16)12-6-9-19(10-7-12)11-8-17/h2-5,12,15,18H,6-11,17H2,1H3. The van der Waals surface area contributed by atoms with Crippen LogP contribution < -0.4 is 11.1 Å². The Morgan fingerprint density at radius 3 is 2.63 bits per heavy atom. The van der Waals surface area contributed by atoms with Gasteiger partial charge < -0.3 is 16.0 Å². The lowest BCUT2D eigenvalue weighted by Gasteiger charge is -2.36.